The Balaban J connectivity index is 1.87. The Morgan fingerprint density at radius 2 is 1.95 bits per heavy atom. The fourth-order valence-electron chi connectivity index (χ4n) is 2.03. The van der Waals surface area contributed by atoms with Crippen LogP contribution in [0.2, 0.25) is 5.02 Å². The lowest BCUT2D eigenvalue weighted by molar-refractivity contribution is 0.0992. The maximum Gasteiger partial charge on any atom is 0.168 e. The van der Waals surface area contributed by atoms with Crippen LogP contribution in [0.15, 0.2) is 54.7 Å². The van der Waals surface area contributed by atoms with Gasteiger partial charge in [-0.25, -0.2) is 0 Å². The van der Waals surface area contributed by atoms with Crippen molar-refractivity contribution in [2.75, 3.05) is 0 Å². The van der Waals surface area contributed by atoms with Gasteiger partial charge in [0.1, 0.15) is 0 Å². The maximum atomic E-state index is 12.2. The maximum absolute atomic E-state index is 12.2. The number of halogens is 1. The minimum Gasteiger partial charge on any atom is -0.294 e. The minimum atomic E-state index is 0.00300. The Kier molecular flexibility index (Phi) is 3.44. The number of nitrogens with zero attached hydrogens (tertiary/aromatic N) is 2. The summed E-state index contributed by atoms with van der Waals surface area (Å²) in [6.07, 6.45) is 1.98. The minimum absolute atomic E-state index is 0.00300. The van der Waals surface area contributed by atoms with Gasteiger partial charge in [0.15, 0.2) is 5.78 Å². The van der Waals surface area contributed by atoms with E-state index >= 15 is 0 Å². The Bertz CT molecular complexity index is 786. The van der Waals surface area contributed by atoms with Crippen molar-refractivity contribution < 1.29 is 4.79 Å². The first kappa shape index (κ1) is 12.8. The second-order valence-electron chi connectivity index (χ2n) is 4.45. The van der Waals surface area contributed by atoms with E-state index in [4.69, 9.17) is 11.6 Å². The standard InChI is InChI=1S/C16H11ClN2O/c17-12-4-1-3-11(9-12)16(20)10-13-6-7-14-15(19-13)5-2-8-18-14/h1-9H,10H2. The number of aromatic nitrogens is 2. The number of pyridine rings is 2. The van der Waals surface area contributed by atoms with Crippen LogP contribution in [0.4, 0.5) is 0 Å². The fraction of sp³-hybridized carbons (Fsp3) is 0.0625. The van der Waals surface area contributed by atoms with Crippen LogP contribution in [0, 0.1) is 0 Å². The van der Waals surface area contributed by atoms with Crippen molar-refractivity contribution in [1.29, 1.82) is 0 Å². The van der Waals surface area contributed by atoms with Crippen LogP contribution < -0.4 is 0 Å². The van der Waals surface area contributed by atoms with Gasteiger partial charge in [-0.3, -0.25) is 14.8 Å². The number of hydrogen-bond donors (Lipinski definition) is 0. The van der Waals surface area contributed by atoms with Crippen LogP contribution in [-0.4, -0.2) is 15.8 Å². The lowest BCUT2D eigenvalue weighted by Crippen LogP contribution is -2.05. The van der Waals surface area contributed by atoms with Crippen molar-refractivity contribution >= 4 is 28.4 Å². The van der Waals surface area contributed by atoms with Crippen molar-refractivity contribution in [1.82, 2.24) is 9.97 Å². The highest BCUT2D eigenvalue weighted by atomic mass is 35.5. The van der Waals surface area contributed by atoms with Gasteiger partial charge < -0.3 is 0 Å². The van der Waals surface area contributed by atoms with Gasteiger partial charge in [-0.2, -0.15) is 0 Å². The molecule has 0 N–H and O–H groups in total. The molecule has 0 saturated heterocycles. The van der Waals surface area contributed by atoms with Crippen molar-refractivity contribution in [2.45, 2.75) is 6.42 Å². The molecule has 0 unspecified atom stereocenters. The summed E-state index contributed by atoms with van der Waals surface area (Å²) in [6.45, 7) is 0. The first-order valence-corrected chi connectivity index (χ1v) is 6.59. The summed E-state index contributed by atoms with van der Waals surface area (Å²) in [5, 5.41) is 0.562. The van der Waals surface area contributed by atoms with Gasteiger partial charge in [-0.1, -0.05) is 23.7 Å². The molecule has 1 aromatic carbocycles. The molecule has 3 rings (SSSR count). The number of carbonyl (C=O) groups is 1. The topological polar surface area (TPSA) is 42.9 Å². The number of ketones is 1. The molecular formula is C16H11ClN2O. The van der Waals surface area contributed by atoms with Gasteiger partial charge in [0.2, 0.25) is 0 Å². The van der Waals surface area contributed by atoms with E-state index in [9.17, 15) is 4.79 Å². The van der Waals surface area contributed by atoms with E-state index in [1.807, 2.05) is 24.3 Å². The molecule has 0 radical (unpaired) electrons. The normalized spacial score (nSPS) is 10.7. The lowest BCUT2D eigenvalue weighted by Gasteiger charge is -2.03. The molecule has 0 bridgehead atoms. The lowest BCUT2D eigenvalue weighted by atomic mass is 10.1. The highest BCUT2D eigenvalue weighted by molar-refractivity contribution is 6.31. The van der Waals surface area contributed by atoms with Gasteiger partial charge in [-0.05, 0) is 36.4 Å². The Morgan fingerprint density at radius 3 is 2.80 bits per heavy atom. The predicted octanol–water partition coefficient (Wildman–Crippen LogP) is 3.71. The van der Waals surface area contributed by atoms with Crippen molar-refractivity contribution in [3.8, 4) is 0 Å². The van der Waals surface area contributed by atoms with Crippen LogP contribution in [0.3, 0.4) is 0 Å². The molecule has 0 aliphatic carbocycles. The quantitative estimate of drug-likeness (QED) is 0.688. The monoisotopic (exact) mass is 282 g/mol. The van der Waals surface area contributed by atoms with Crippen LogP contribution in [-0.2, 0) is 6.42 Å². The van der Waals surface area contributed by atoms with Gasteiger partial charge >= 0.3 is 0 Å². The van der Waals surface area contributed by atoms with E-state index in [0.717, 1.165) is 16.7 Å². The van der Waals surface area contributed by atoms with Crippen LogP contribution in [0.1, 0.15) is 16.1 Å². The first-order valence-electron chi connectivity index (χ1n) is 6.22. The Morgan fingerprint density at radius 1 is 1.05 bits per heavy atom. The highest BCUT2D eigenvalue weighted by Crippen LogP contribution is 2.14. The number of benzene rings is 1. The molecule has 2 heterocycles. The fourth-order valence-corrected chi connectivity index (χ4v) is 2.22. The second-order valence-corrected chi connectivity index (χ2v) is 4.89. The summed E-state index contributed by atoms with van der Waals surface area (Å²) >= 11 is 5.89. The van der Waals surface area contributed by atoms with Gasteiger partial charge in [0, 0.05) is 22.5 Å². The van der Waals surface area contributed by atoms with Crippen LogP contribution >= 0.6 is 11.6 Å². The molecule has 0 aliphatic heterocycles. The van der Waals surface area contributed by atoms with E-state index in [-0.39, 0.29) is 12.2 Å². The Labute approximate surface area is 121 Å². The third-order valence-electron chi connectivity index (χ3n) is 3.00. The molecule has 3 nitrogen and oxygen atoms in total. The van der Waals surface area contributed by atoms with Gasteiger partial charge in [-0.15, -0.1) is 0 Å². The summed E-state index contributed by atoms with van der Waals surface area (Å²) in [7, 11) is 0. The average molecular weight is 283 g/mol. The van der Waals surface area contributed by atoms with E-state index in [1.54, 1.807) is 30.5 Å². The van der Waals surface area contributed by atoms with E-state index < -0.39 is 0 Å². The summed E-state index contributed by atoms with van der Waals surface area (Å²) in [4.78, 5) is 20.8. The molecule has 0 fully saturated rings. The van der Waals surface area contributed by atoms with Crippen molar-refractivity contribution in [3.63, 3.8) is 0 Å². The van der Waals surface area contributed by atoms with Crippen molar-refractivity contribution in [2.24, 2.45) is 0 Å². The highest BCUT2D eigenvalue weighted by Gasteiger charge is 2.09. The number of Topliss-reactive ketones (excluding diaryl/α,β-unsaturated/α-hetero) is 1. The third kappa shape index (κ3) is 2.68. The molecule has 0 spiro atoms. The Hall–Kier alpha value is -2.26. The first-order chi connectivity index (χ1) is 9.72. The molecule has 98 valence electrons. The van der Waals surface area contributed by atoms with Gasteiger partial charge in [0.25, 0.3) is 0 Å². The molecule has 2 aromatic heterocycles. The molecule has 0 amide bonds. The number of carbonyl (C=O) groups excluding carboxylic acids is 1. The van der Waals surface area contributed by atoms with E-state index in [0.29, 0.717) is 10.6 Å². The van der Waals surface area contributed by atoms with Crippen LogP contribution in [0.5, 0.6) is 0 Å². The summed E-state index contributed by atoms with van der Waals surface area (Å²) in [6, 6.07) is 14.4. The second kappa shape index (κ2) is 5.39. The third-order valence-corrected chi connectivity index (χ3v) is 3.24. The van der Waals surface area contributed by atoms with E-state index in [2.05, 4.69) is 9.97 Å². The summed E-state index contributed by atoms with van der Waals surface area (Å²) in [5.74, 6) is 0.00300. The van der Waals surface area contributed by atoms with Gasteiger partial charge in [0.05, 0.1) is 17.5 Å². The van der Waals surface area contributed by atoms with Crippen LogP contribution in [0.25, 0.3) is 11.0 Å². The molecule has 20 heavy (non-hydrogen) atoms. The molecule has 0 aliphatic rings. The number of fused-ring (bicyclic) bond motifs is 1. The smallest absolute Gasteiger partial charge is 0.168 e. The molecule has 4 heteroatoms. The summed E-state index contributed by atoms with van der Waals surface area (Å²) < 4.78 is 0. The largest absolute Gasteiger partial charge is 0.294 e. The molecular weight excluding hydrogens is 272 g/mol. The van der Waals surface area contributed by atoms with Crippen molar-refractivity contribution in [3.05, 3.63) is 71.0 Å². The zero-order chi connectivity index (χ0) is 13.9. The SMILES string of the molecule is O=C(Cc1ccc2ncccc2n1)c1cccc(Cl)c1. The number of rotatable bonds is 3. The molecule has 0 saturated carbocycles. The van der Waals surface area contributed by atoms with E-state index in [1.165, 1.54) is 0 Å². The molecule has 3 aromatic rings. The average Bonchev–Trinajstić information content (AvgIpc) is 2.47. The summed E-state index contributed by atoms with van der Waals surface area (Å²) in [5.41, 5.74) is 2.96. The zero-order valence-corrected chi connectivity index (χ0v) is 11.3. The number of hydrogen-bond acceptors (Lipinski definition) is 3. The predicted molar refractivity (Wildman–Crippen MR) is 79.0 cm³/mol. The molecule has 0 atom stereocenters. The zero-order valence-electron chi connectivity index (χ0n) is 10.6.